The first-order valence-corrected chi connectivity index (χ1v) is 9.92. The molecule has 4 bridgehead atoms. The molecule has 26 heavy (non-hydrogen) atoms. The van der Waals surface area contributed by atoms with Gasteiger partial charge in [-0.3, -0.25) is 14.4 Å². The van der Waals surface area contributed by atoms with Gasteiger partial charge in [0.05, 0.1) is 5.41 Å². The van der Waals surface area contributed by atoms with Gasteiger partial charge in [-0.25, -0.2) is 0 Å². The molecular weight excluding hydrogens is 330 g/mol. The van der Waals surface area contributed by atoms with E-state index >= 15 is 0 Å². The van der Waals surface area contributed by atoms with Gasteiger partial charge in [-0.15, -0.1) is 0 Å². The molecule has 4 aliphatic rings. The number of nitrogens with one attached hydrogen (secondary N) is 1. The third-order valence-corrected chi connectivity index (χ3v) is 9.92. The predicted octanol–water partition coefficient (Wildman–Crippen LogP) is 3.21. The maximum Gasteiger partial charge on any atom is 0.329 e. The van der Waals surface area contributed by atoms with Crippen LogP contribution in [0.2, 0.25) is 0 Å². The third-order valence-electron chi connectivity index (χ3n) is 9.92. The molecule has 0 spiro atoms. The number of rotatable bonds is 2. The van der Waals surface area contributed by atoms with Crippen molar-refractivity contribution in [3.05, 3.63) is 0 Å². The number of esters is 2. The Hall–Kier alpha value is -1.39. The van der Waals surface area contributed by atoms with Gasteiger partial charge >= 0.3 is 11.9 Å². The molecule has 1 N–H and O–H groups in total. The van der Waals surface area contributed by atoms with E-state index in [1.165, 1.54) is 6.42 Å². The lowest BCUT2D eigenvalue weighted by atomic mass is 9.56. The fourth-order valence-electron chi connectivity index (χ4n) is 6.73. The molecule has 1 heterocycles. The smallest absolute Gasteiger partial charge is 0.329 e. The van der Waals surface area contributed by atoms with Crippen molar-refractivity contribution in [1.82, 2.24) is 5.32 Å². The van der Waals surface area contributed by atoms with Crippen LogP contribution in [-0.4, -0.2) is 23.9 Å². The molecule has 0 aromatic heterocycles. The highest BCUT2D eigenvalue weighted by molar-refractivity contribution is 6.11. The Labute approximate surface area is 155 Å². The van der Waals surface area contributed by atoms with E-state index in [4.69, 9.17) is 4.74 Å². The molecule has 0 aromatic carbocycles. The van der Waals surface area contributed by atoms with E-state index in [0.29, 0.717) is 18.8 Å². The van der Waals surface area contributed by atoms with E-state index < -0.39 is 28.2 Å². The second-order valence-electron chi connectivity index (χ2n) is 10.7. The predicted molar refractivity (Wildman–Crippen MR) is 95.8 cm³/mol. The molecule has 1 aliphatic heterocycles. The van der Waals surface area contributed by atoms with Crippen LogP contribution in [-0.2, 0) is 19.1 Å². The Bertz CT molecular complexity index is 726. The van der Waals surface area contributed by atoms with Crippen LogP contribution in [0.1, 0.15) is 73.6 Å². The lowest BCUT2D eigenvalue weighted by Crippen LogP contribution is -2.64. The molecule has 1 amide bonds. The molecule has 3 aliphatic carbocycles. The van der Waals surface area contributed by atoms with Crippen molar-refractivity contribution >= 4 is 17.8 Å². The Morgan fingerprint density at radius 3 is 2.19 bits per heavy atom. The van der Waals surface area contributed by atoms with Gasteiger partial charge in [-0.2, -0.15) is 0 Å². The maximum atomic E-state index is 13.5. The third kappa shape index (κ3) is 1.62. The molecule has 5 atom stereocenters. The largest absolute Gasteiger partial charge is 0.392 e. The fraction of sp³-hybridized carbons (Fsp3) is 0.857. The molecule has 0 aromatic rings. The van der Waals surface area contributed by atoms with Gasteiger partial charge < -0.3 is 10.1 Å². The number of carbonyl (C=O) groups is 3. The first-order chi connectivity index (χ1) is 11.8. The van der Waals surface area contributed by atoms with Gasteiger partial charge in [0, 0.05) is 11.5 Å². The highest BCUT2D eigenvalue weighted by Crippen LogP contribution is 2.68. The summed E-state index contributed by atoms with van der Waals surface area (Å²) in [6.45, 7) is 12.5. The highest BCUT2D eigenvalue weighted by Gasteiger charge is 2.75. The molecule has 4 fully saturated rings. The molecule has 5 heteroatoms. The van der Waals surface area contributed by atoms with Crippen molar-refractivity contribution in [2.45, 2.75) is 79.7 Å². The Kier molecular flexibility index (Phi) is 3.26. The number of ether oxygens (including phenoxy) is 1. The molecule has 4 rings (SSSR count). The molecular formula is C21H31NO4. The van der Waals surface area contributed by atoms with Crippen LogP contribution < -0.4 is 5.32 Å². The van der Waals surface area contributed by atoms with Crippen molar-refractivity contribution in [2.24, 2.45) is 33.0 Å². The van der Waals surface area contributed by atoms with Crippen LogP contribution in [0.15, 0.2) is 0 Å². The van der Waals surface area contributed by atoms with Gasteiger partial charge in [0.25, 0.3) is 0 Å². The van der Waals surface area contributed by atoms with Gasteiger partial charge in [0.2, 0.25) is 5.91 Å². The molecule has 1 saturated heterocycles. The lowest BCUT2D eigenvalue weighted by molar-refractivity contribution is -0.197. The van der Waals surface area contributed by atoms with Crippen molar-refractivity contribution in [1.29, 1.82) is 0 Å². The maximum absolute atomic E-state index is 13.5. The van der Waals surface area contributed by atoms with Crippen molar-refractivity contribution < 1.29 is 19.1 Å². The van der Waals surface area contributed by atoms with Gasteiger partial charge in [-0.1, -0.05) is 34.6 Å². The average Bonchev–Trinajstić information content (AvgIpc) is 2.93. The summed E-state index contributed by atoms with van der Waals surface area (Å²) < 4.78 is 5.09. The van der Waals surface area contributed by atoms with Crippen molar-refractivity contribution in [2.75, 3.05) is 0 Å². The van der Waals surface area contributed by atoms with Crippen LogP contribution in [0.3, 0.4) is 0 Å². The van der Waals surface area contributed by atoms with Gasteiger partial charge in [0.1, 0.15) is 0 Å². The summed E-state index contributed by atoms with van der Waals surface area (Å²) in [5, 5.41) is 3.26. The van der Waals surface area contributed by atoms with E-state index in [2.05, 4.69) is 26.1 Å². The lowest BCUT2D eigenvalue weighted by Gasteiger charge is -2.49. The quantitative estimate of drug-likeness (QED) is 0.605. The van der Waals surface area contributed by atoms with Crippen LogP contribution in [0, 0.1) is 33.0 Å². The molecule has 3 saturated carbocycles. The first-order valence-electron chi connectivity index (χ1n) is 9.92. The minimum atomic E-state index is -1.27. The zero-order chi connectivity index (χ0) is 19.3. The minimum Gasteiger partial charge on any atom is -0.392 e. The fourth-order valence-corrected chi connectivity index (χ4v) is 6.73. The molecule has 5 nitrogen and oxygen atoms in total. The van der Waals surface area contributed by atoms with Crippen LogP contribution >= 0.6 is 0 Å². The van der Waals surface area contributed by atoms with Gasteiger partial charge in [-0.05, 0) is 55.8 Å². The number of amides is 1. The summed E-state index contributed by atoms with van der Waals surface area (Å²) in [7, 11) is 0. The summed E-state index contributed by atoms with van der Waals surface area (Å²) in [5.74, 6) is -0.774. The number of fused-ring (bicyclic) bond motifs is 4. The SMILES string of the molecule is CC12CCC(C(=O)NC3CC4CCC3(C)C4(C)C)(C(=O)OC1=O)C2(C)C. The molecule has 0 radical (unpaired) electrons. The molecule has 5 unspecified atom stereocenters. The van der Waals surface area contributed by atoms with Crippen LogP contribution in [0.5, 0.6) is 0 Å². The van der Waals surface area contributed by atoms with E-state index in [9.17, 15) is 14.4 Å². The van der Waals surface area contributed by atoms with E-state index in [0.717, 1.165) is 12.8 Å². The van der Waals surface area contributed by atoms with E-state index in [1.807, 2.05) is 20.8 Å². The first kappa shape index (κ1) is 18.0. The van der Waals surface area contributed by atoms with Crippen LogP contribution in [0.25, 0.3) is 0 Å². The van der Waals surface area contributed by atoms with Crippen molar-refractivity contribution in [3.8, 4) is 0 Å². The Morgan fingerprint density at radius 2 is 1.65 bits per heavy atom. The normalized spacial score (nSPS) is 47.8. The topological polar surface area (TPSA) is 72.5 Å². The second kappa shape index (κ2) is 4.71. The summed E-state index contributed by atoms with van der Waals surface area (Å²) in [6, 6.07) is 0.0752. The van der Waals surface area contributed by atoms with Crippen molar-refractivity contribution in [3.63, 3.8) is 0 Å². The summed E-state index contributed by atoms with van der Waals surface area (Å²) in [4.78, 5) is 38.7. The van der Waals surface area contributed by atoms with E-state index in [-0.39, 0.29) is 22.8 Å². The number of hydrogen-bond acceptors (Lipinski definition) is 4. The zero-order valence-corrected chi connectivity index (χ0v) is 16.8. The monoisotopic (exact) mass is 361 g/mol. The Balaban J connectivity index is 1.67. The average molecular weight is 361 g/mol. The van der Waals surface area contributed by atoms with Crippen LogP contribution in [0.4, 0.5) is 0 Å². The zero-order valence-electron chi connectivity index (χ0n) is 16.8. The summed E-state index contributed by atoms with van der Waals surface area (Å²) >= 11 is 0. The second-order valence-corrected chi connectivity index (χ2v) is 10.7. The van der Waals surface area contributed by atoms with E-state index in [1.54, 1.807) is 0 Å². The number of cyclic esters (lactones) is 2. The number of hydrogen-bond donors (Lipinski definition) is 1. The highest BCUT2D eigenvalue weighted by atomic mass is 16.6. The standard InChI is InChI=1S/C21H31NO4/c1-17(2)12-7-8-19(17,5)13(11-12)22-14(23)21-10-9-20(6,18(21,3)4)15(24)26-16(21)25/h12-13H,7-11H2,1-6H3,(H,22,23). The van der Waals surface area contributed by atoms with Gasteiger partial charge in [0.15, 0.2) is 5.41 Å². The Morgan fingerprint density at radius 1 is 1.00 bits per heavy atom. The summed E-state index contributed by atoms with van der Waals surface area (Å²) in [5.41, 5.74) is -2.59. The number of carbonyl (C=O) groups excluding carboxylic acids is 3. The summed E-state index contributed by atoms with van der Waals surface area (Å²) in [6.07, 6.45) is 4.17. The molecule has 144 valence electrons. The minimum absolute atomic E-state index is 0.0460.